The number of furan rings is 1. The first-order valence-corrected chi connectivity index (χ1v) is 8.15. The minimum absolute atomic E-state index is 0.0447. The lowest BCUT2D eigenvalue weighted by Crippen LogP contribution is -2.47. The molecule has 0 bridgehead atoms. The van der Waals surface area contributed by atoms with Crippen molar-refractivity contribution >= 4 is 12.0 Å². The summed E-state index contributed by atoms with van der Waals surface area (Å²) >= 11 is 0. The molecule has 6 nitrogen and oxygen atoms in total. The number of carbonyl (C=O) groups is 1. The van der Waals surface area contributed by atoms with E-state index < -0.39 is 0 Å². The SMILES string of the molecule is O=C(/C=C/c1ccco1)N1CC(c2nc(Cc3ccccc3)no2)C1. The van der Waals surface area contributed by atoms with Gasteiger partial charge in [0.1, 0.15) is 5.76 Å². The van der Waals surface area contributed by atoms with Crippen molar-refractivity contribution in [2.24, 2.45) is 0 Å². The third kappa shape index (κ3) is 3.52. The fraction of sp³-hybridized carbons (Fsp3) is 0.211. The normalized spacial score (nSPS) is 14.8. The van der Waals surface area contributed by atoms with Crippen molar-refractivity contribution in [3.05, 3.63) is 77.8 Å². The van der Waals surface area contributed by atoms with E-state index >= 15 is 0 Å². The molecule has 3 aromatic rings. The highest BCUT2D eigenvalue weighted by Crippen LogP contribution is 2.26. The maximum atomic E-state index is 12.1. The summed E-state index contributed by atoms with van der Waals surface area (Å²) in [5.41, 5.74) is 1.14. The van der Waals surface area contributed by atoms with Gasteiger partial charge in [0.2, 0.25) is 11.8 Å². The molecule has 1 amide bonds. The quantitative estimate of drug-likeness (QED) is 0.670. The van der Waals surface area contributed by atoms with Gasteiger partial charge in [-0.3, -0.25) is 4.79 Å². The second-order valence-corrected chi connectivity index (χ2v) is 6.00. The first-order chi connectivity index (χ1) is 12.3. The topological polar surface area (TPSA) is 72.4 Å². The molecule has 3 heterocycles. The average Bonchev–Trinajstić information content (AvgIpc) is 3.25. The molecule has 1 aliphatic heterocycles. The van der Waals surface area contributed by atoms with Gasteiger partial charge in [0.15, 0.2) is 5.82 Å². The number of nitrogens with zero attached hydrogens (tertiary/aromatic N) is 3. The molecule has 0 saturated carbocycles. The van der Waals surface area contributed by atoms with Gasteiger partial charge in [0.25, 0.3) is 0 Å². The Labute approximate surface area is 144 Å². The maximum absolute atomic E-state index is 12.1. The van der Waals surface area contributed by atoms with Gasteiger partial charge >= 0.3 is 0 Å². The van der Waals surface area contributed by atoms with E-state index in [-0.39, 0.29) is 11.8 Å². The van der Waals surface area contributed by atoms with Crippen molar-refractivity contribution in [2.75, 3.05) is 13.1 Å². The Kier molecular flexibility index (Phi) is 4.16. The van der Waals surface area contributed by atoms with Gasteiger partial charge in [0.05, 0.1) is 12.2 Å². The van der Waals surface area contributed by atoms with Crippen molar-refractivity contribution in [2.45, 2.75) is 12.3 Å². The fourth-order valence-corrected chi connectivity index (χ4v) is 2.74. The van der Waals surface area contributed by atoms with Crippen LogP contribution in [0.1, 0.15) is 29.0 Å². The van der Waals surface area contributed by atoms with E-state index in [0.717, 1.165) is 5.56 Å². The molecule has 0 spiro atoms. The van der Waals surface area contributed by atoms with Crippen molar-refractivity contribution in [3.63, 3.8) is 0 Å². The average molecular weight is 335 g/mol. The molecule has 25 heavy (non-hydrogen) atoms. The largest absolute Gasteiger partial charge is 0.465 e. The van der Waals surface area contributed by atoms with Crippen LogP contribution in [0.25, 0.3) is 6.08 Å². The fourth-order valence-electron chi connectivity index (χ4n) is 2.74. The summed E-state index contributed by atoms with van der Waals surface area (Å²) in [6, 6.07) is 13.6. The summed E-state index contributed by atoms with van der Waals surface area (Å²) in [4.78, 5) is 18.3. The van der Waals surface area contributed by atoms with Crippen LogP contribution >= 0.6 is 0 Å². The summed E-state index contributed by atoms with van der Waals surface area (Å²) in [5, 5.41) is 4.04. The van der Waals surface area contributed by atoms with Crippen LogP contribution in [0.3, 0.4) is 0 Å². The Balaban J connectivity index is 1.31. The van der Waals surface area contributed by atoms with E-state index in [1.807, 2.05) is 30.3 Å². The zero-order valence-electron chi connectivity index (χ0n) is 13.5. The standard InChI is InChI=1S/C19H17N3O3/c23-18(9-8-16-7-4-10-24-16)22-12-15(13-22)19-20-17(21-25-19)11-14-5-2-1-3-6-14/h1-10,15H,11-13H2/b9-8+. The van der Waals surface area contributed by atoms with Crippen molar-refractivity contribution in [1.82, 2.24) is 15.0 Å². The number of hydrogen-bond donors (Lipinski definition) is 0. The monoisotopic (exact) mass is 335 g/mol. The summed E-state index contributed by atoms with van der Waals surface area (Å²) in [6.07, 6.45) is 5.40. The number of likely N-dealkylation sites (tertiary alicyclic amines) is 1. The minimum atomic E-state index is -0.0447. The third-order valence-electron chi connectivity index (χ3n) is 4.16. The van der Waals surface area contributed by atoms with Gasteiger partial charge in [-0.2, -0.15) is 4.98 Å². The van der Waals surface area contributed by atoms with Gasteiger partial charge in [-0.15, -0.1) is 0 Å². The molecule has 126 valence electrons. The zero-order valence-corrected chi connectivity index (χ0v) is 13.5. The van der Waals surface area contributed by atoms with E-state index in [1.165, 1.54) is 6.08 Å². The molecular formula is C19H17N3O3. The lowest BCUT2D eigenvalue weighted by Gasteiger charge is -2.36. The molecule has 1 aliphatic rings. The van der Waals surface area contributed by atoms with E-state index in [4.69, 9.17) is 8.94 Å². The van der Waals surface area contributed by atoms with Gasteiger partial charge in [-0.05, 0) is 23.8 Å². The third-order valence-corrected chi connectivity index (χ3v) is 4.16. The molecule has 0 atom stereocenters. The van der Waals surface area contributed by atoms with Crippen LogP contribution in [0.4, 0.5) is 0 Å². The Morgan fingerprint density at radius 2 is 2.04 bits per heavy atom. The first-order valence-electron chi connectivity index (χ1n) is 8.15. The van der Waals surface area contributed by atoms with Crippen LogP contribution in [0.5, 0.6) is 0 Å². The Morgan fingerprint density at radius 1 is 1.20 bits per heavy atom. The lowest BCUT2D eigenvalue weighted by molar-refractivity contribution is -0.130. The van der Waals surface area contributed by atoms with Crippen LogP contribution in [-0.4, -0.2) is 34.0 Å². The predicted molar refractivity (Wildman–Crippen MR) is 90.6 cm³/mol. The number of carbonyl (C=O) groups excluding carboxylic acids is 1. The molecule has 2 aromatic heterocycles. The summed E-state index contributed by atoms with van der Waals surface area (Å²) in [5.74, 6) is 2.00. The number of aromatic nitrogens is 2. The number of hydrogen-bond acceptors (Lipinski definition) is 5. The second-order valence-electron chi connectivity index (χ2n) is 6.00. The molecule has 1 fully saturated rings. The summed E-state index contributed by atoms with van der Waals surface area (Å²) < 4.78 is 10.5. The molecule has 4 rings (SSSR count). The molecule has 0 unspecified atom stereocenters. The molecular weight excluding hydrogens is 318 g/mol. The Bertz CT molecular complexity index is 862. The summed E-state index contributed by atoms with van der Waals surface area (Å²) in [6.45, 7) is 1.18. The molecule has 1 saturated heterocycles. The van der Waals surface area contributed by atoms with Gasteiger partial charge in [-0.25, -0.2) is 0 Å². The van der Waals surface area contributed by atoms with E-state index in [9.17, 15) is 4.79 Å². The number of benzene rings is 1. The second kappa shape index (κ2) is 6.76. The molecule has 0 radical (unpaired) electrons. The van der Waals surface area contributed by atoms with Crippen molar-refractivity contribution in [1.29, 1.82) is 0 Å². The van der Waals surface area contributed by atoms with Crippen molar-refractivity contribution in [3.8, 4) is 0 Å². The minimum Gasteiger partial charge on any atom is -0.465 e. The van der Waals surface area contributed by atoms with Gasteiger partial charge in [-0.1, -0.05) is 35.5 Å². The highest BCUT2D eigenvalue weighted by Gasteiger charge is 2.34. The Morgan fingerprint density at radius 3 is 2.80 bits per heavy atom. The van der Waals surface area contributed by atoms with Crippen LogP contribution in [0.15, 0.2) is 63.7 Å². The molecule has 0 N–H and O–H groups in total. The number of amides is 1. The first kappa shape index (κ1) is 15.4. The van der Waals surface area contributed by atoms with Gasteiger partial charge < -0.3 is 13.8 Å². The van der Waals surface area contributed by atoms with E-state index in [0.29, 0.717) is 37.0 Å². The molecule has 1 aromatic carbocycles. The highest BCUT2D eigenvalue weighted by atomic mass is 16.5. The summed E-state index contributed by atoms with van der Waals surface area (Å²) in [7, 11) is 0. The smallest absolute Gasteiger partial charge is 0.246 e. The highest BCUT2D eigenvalue weighted by molar-refractivity contribution is 5.92. The van der Waals surface area contributed by atoms with Crippen LogP contribution < -0.4 is 0 Å². The maximum Gasteiger partial charge on any atom is 0.246 e. The number of rotatable bonds is 5. The molecule has 6 heteroatoms. The van der Waals surface area contributed by atoms with Crippen LogP contribution in [0, 0.1) is 0 Å². The predicted octanol–water partition coefficient (Wildman–Crippen LogP) is 2.89. The van der Waals surface area contributed by atoms with E-state index in [1.54, 1.807) is 29.4 Å². The van der Waals surface area contributed by atoms with Crippen LogP contribution in [0.2, 0.25) is 0 Å². The van der Waals surface area contributed by atoms with Crippen LogP contribution in [-0.2, 0) is 11.2 Å². The zero-order chi connectivity index (χ0) is 17.1. The van der Waals surface area contributed by atoms with Gasteiger partial charge in [0, 0.05) is 25.6 Å². The Hall–Kier alpha value is -3.15. The van der Waals surface area contributed by atoms with Crippen molar-refractivity contribution < 1.29 is 13.7 Å². The van der Waals surface area contributed by atoms with E-state index in [2.05, 4.69) is 10.1 Å². The molecule has 0 aliphatic carbocycles. The lowest BCUT2D eigenvalue weighted by atomic mass is 10.00.